The monoisotopic (exact) mass is 397 g/mol. The normalized spacial score (nSPS) is 10.6. The van der Waals surface area contributed by atoms with Crippen molar-refractivity contribution in [2.75, 3.05) is 5.32 Å². The van der Waals surface area contributed by atoms with E-state index in [0.717, 1.165) is 11.4 Å². The maximum atomic E-state index is 3.58. The zero-order valence-electron chi connectivity index (χ0n) is 17.2. The Kier molecular flexibility index (Phi) is 5.32. The molecule has 0 saturated carbocycles. The van der Waals surface area contributed by atoms with Crippen LogP contribution in [0.15, 0.2) is 133 Å². The molecule has 0 aliphatic rings. The fraction of sp³-hybridized carbons (Fsp3) is 0. The topological polar surface area (TPSA) is 12.0 Å². The van der Waals surface area contributed by atoms with Gasteiger partial charge in [-0.2, -0.15) is 0 Å². The molecule has 0 bridgehead atoms. The van der Waals surface area contributed by atoms with Crippen LogP contribution in [0.1, 0.15) is 0 Å². The summed E-state index contributed by atoms with van der Waals surface area (Å²) in [5.74, 6) is 0. The fourth-order valence-corrected chi connectivity index (χ4v) is 3.94. The molecular formula is C30H23N. The molecule has 0 aliphatic carbocycles. The summed E-state index contributed by atoms with van der Waals surface area (Å²) in [7, 11) is 0. The molecule has 0 fully saturated rings. The van der Waals surface area contributed by atoms with E-state index in [0.29, 0.717) is 0 Å². The molecule has 148 valence electrons. The van der Waals surface area contributed by atoms with Gasteiger partial charge < -0.3 is 5.32 Å². The van der Waals surface area contributed by atoms with Crippen LogP contribution in [0.25, 0.3) is 33.4 Å². The maximum Gasteiger partial charge on any atom is 0.0390 e. The SMILES string of the molecule is c1ccc(-c2cccc(Nc3cccc(-c4ccccc4-c4ccccc4)c3)c2)cc1. The van der Waals surface area contributed by atoms with Crippen molar-refractivity contribution < 1.29 is 0 Å². The largest absolute Gasteiger partial charge is 0.355 e. The Morgan fingerprint density at radius 3 is 1.42 bits per heavy atom. The van der Waals surface area contributed by atoms with Crippen LogP contribution in [0.4, 0.5) is 11.4 Å². The number of anilines is 2. The third-order valence-electron chi connectivity index (χ3n) is 5.44. The van der Waals surface area contributed by atoms with Crippen molar-refractivity contribution in [1.82, 2.24) is 0 Å². The molecule has 1 N–H and O–H groups in total. The Hall–Kier alpha value is -4.10. The van der Waals surface area contributed by atoms with Crippen LogP contribution in [0.2, 0.25) is 0 Å². The molecule has 0 radical (unpaired) electrons. The van der Waals surface area contributed by atoms with E-state index in [2.05, 4.69) is 133 Å². The van der Waals surface area contributed by atoms with E-state index in [1.54, 1.807) is 0 Å². The molecule has 0 unspecified atom stereocenters. The average molecular weight is 398 g/mol. The van der Waals surface area contributed by atoms with Gasteiger partial charge in [-0.1, -0.05) is 109 Å². The van der Waals surface area contributed by atoms with Crippen LogP contribution in [-0.2, 0) is 0 Å². The Labute approximate surface area is 183 Å². The van der Waals surface area contributed by atoms with Gasteiger partial charge >= 0.3 is 0 Å². The van der Waals surface area contributed by atoms with Crippen LogP contribution in [0.3, 0.4) is 0 Å². The van der Waals surface area contributed by atoms with E-state index in [9.17, 15) is 0 Å². The lowest BCUT2D eigenvalue weighted by atomic mass is 9.94. The van der Waals surface area contributed by atoms with Crippen molar-refractivity contribution in [3.05, 3.63) is 133 Å². The van der Waals surface area contributed by atoms with Crippen molar-refractivity contribution in [1.29, 1.82) is 0 Å². The summed E-state index contributed by atoms with van der Waals surface area (Å²) in [4.78, 5) is 0. The van der Waals surface area contributed by atoms with Gasteiger partial charge in [0.2, 0.25) is 0 Å². The highest BCUT2D eigenvalue weighted by atomic mass is 14.9. The van der Waals surface area contributed by atoms with Crippen LogP contribution in [-0.4, -0.2) is 0 Å². The maximum absolute atomic E-state index is 3.58. The lowest BCUT2D eigenvalue weighted by Crippen LogP contribution is -1.92. The molecule has 0 saturated heterocycles. The molecule has 0 amide bonds. The first kappa shape index (κ1) is 18.9. The second-order valence-electron chi connectivity index (χ2n) is 7.56. The quantitative estimate of drug-likeness (QED) is 0.314. The van der Waals surface area contributed by atoms with E-state index in [-0.39, 0.29) is 0 Å². The molecule has 0 heterocycles. The van der Waals surface area contributed by atoms with Crippen molar-refractivity contribution in [2.45, 2.75) is 0 Å². The highest BCUT2D eigenvalue weighted by Gasteiger charge is 2.08. The zero-order chi connectivity index (χ0) is 20.9. The number of hydrogen-bond acceptors (Lipinski definition) is 1. The summed E-state index contributed by atoms with van der Waals surface area (Å²) >= 11 is 0. The van der Waals surface area contributed by atoms with Gasteiger partial charge in [0, 0.05) is 11.4 Å². The van der Waals surface area contributed by atoms with Gasteiger partial charge in [-0.3, -0.25) is 0 Å². The first-order chi connectivity index (χ1) is 15.4. The summed E-state index contributed by atoms with van der Waals surface area (Å²) in [5.41, 5.74) is 9.48. The minimum atomic E-state index is 1.07. The molecule has 5 aromatic rings. The number of benzene rings is 5. The van der Waals surface area contributed by atoms with E-state index in [1.807, 2.05) is 6.07 Å². The van der Waals surface area contributed by atoms with E-state index >= 15 is 0 Å². The summed E-state index contributed by atoms with van der Waals surface area (Å²) in [6.45, 7) is 0. The molecule has 0 atom stereocenters. The molecule has 5 aromatic carbocycles. The van der Waals surface area contributed by atoms with Crippen molar-refractivity contribution >= 4 is 11.4 Å². The third-order valence-corrected chi connectivity index (χ3v) is 5.44. The van der Waals surface area contributed by atoms with Crippen LogP contribution in [0.5, 0.6) is 0 Å². The van der Waals surface area contributed by atoms with E-state index in [1.165, 1.54) is 33.4 Å². The lowest BCUT2D eigenvalue weighted by molar-refractivity contribution is 1.53. The highest BCUT2D eigenvalue weighted by Crippen LogP contribution is 2.34. The second-order valence-corrected chi connectivity index (χ2v) is 7.56. The van der Waals surface area contributed by atoms with Crippen LogP contribution in [0, 0.1) is 0 Å². The first-order valence-electron chi connectivity index (χ1n) is 10.5. The summed E-state index contributed by atoms with van der Waals surface area (Å²) in [5, 5.41) is 3.58. The first-order valence-corrected chi connectivity index (χ1v) is 10.5. The van der Waals surface area contributed by atoms with Gasteiger partial charge in [0.25, 0.3) is 0 Å². The highest BCUT2D eigenvalue weighted by molar-refractivity contribution is 5.85. The molecule has 1 heteroatoms. The van der Waals surface area contributed by atoms with Gasteiger partial charge in [-0.15, -0.1) is 0 Å². The fourth-order valence-electron chi connectivity index (χ4n) is 3.94. The number of rotatable bonds is 5. The van der Waals surface area contributed by atoms with Crippen LogP contribution >= 0.6 is 0 Å². The van der Waals surface area contributed by atoms with Crippen LogP contribution < -0.4 is 5.32 Å². The van der Waals surface area contributed by atoms with Gasteiger partial charge in [0.1, 0.15) is 0 Å². The van der Waals surface area contributed by atoms with Gasteiger partial charge in [-0.25, -0.2) is 0 Å². The molecule has 0 aliphatic heterocycles. The third kappa shape index (κ3) is 4.26. The number of nitrogens with one attached hydrogen (secondary N) is 1. The molecule has 5 rings (SSSR count). The van der Waals surface area contributed by atoms with Gasteiger partial charge in [0.15, 0.2) is 0 Å². The molecule has 0 aromatic heterocycles. The summed E-state index contributed by atoms with van der Waals surface area (Å²) < 4.78 is 0. The minimum absolute atomic E-state index is 1.07. The second kappa shape index (κ2) is 8.73. The van der Waals surface area contributed by atoms with Gasteiger partial charge in [-0.05, 0) is 57.6 Å². The van der Waals surface area contributed by atoms with E-state index in [4.69, 9.17) is 0 Å². The Balaban J connectivity index is 1.47. The average Bonchev–Trinajstić information content (AvgIpc) is 2.85. The minimum Gasteiger partial charge on any atom is -0.355 e. The van der Waals surface area contributed by atoms with Crippen molar-refractivity contribution in [2.24, 2.45) is 0 Å². The standard InChI is InChI=1S/C30H23N/c1-3-11-23(12-4-1)25-15-9-17-27(21-25)31-28-18-10-16-26(22-28)30-20-8-7-19-29(30)24-13-5-2-6-14-24/h1-22,31H. The summed E-state index contributed by atoms with van der Waals surface area (Å²) in [6.07, 6.45) is 0. The molecule has 1 nitrogen and oxygen atoms in total. The zero-order valence-corrected chi connectivity index (χ0v) is 17.2. The predicted molar refractivity (Wildman–Crippen MR) is 132 cm³/mol. The molecule has 31 heavy (non-hydrogen) atoms. The molecule has 0 spiro atoms. The smallest absolute Gasteiger partial charge is 0.0390 e. The van der Waals surface area contributed by atoms with Crippen molar-refractivity contribution in [3.8, 4) is 33.4 Å². The van der Waals surface area contributed by atoms with Gasteiger partial charge in [0.05, 0.1) is 0 Å². The lowest BCUT2D eigenvalue weighted by Gasteiger charge is -2.13. The molecular weight excluding hydrogens is 374 g/mol. The predicted octanol–water partition coefficient (Wildman–Crippen LogP) is 8.43. The number of hydrogen-bond donors (Lipinski definition) is 1. The Bertz CT molecular complexity index is 1290. The van der Waals surface area contributed by atoms with E-state index < -0.39 is 0 Å². The van der Waals surface area contributed by atoms with Crippen molar-refractivity contribution in [3.63, 3.8) is 0 Å². The Morgan fingerprint density at radius 2 is 0.774 bits per heavy atom. The summed E-state index contributed by atoms with van der Waals surface area (Å²) in [6, 6.07) is 46.8. The Morgan fingerprint density at radius 1 is 0.323 bits per heavy atom.